The second-order valence-corrected chi connectivity index (χ2v) is 6.93. The number of nitrogens with two attached hydrogens (primary N) is 1. The minimum atomic E-state index is -0.299. The summed E-state index contributed by atoms with van der Waals surface area (Å²) in [6, 6.07) is 12.9. The van der Waals surface area contributed by atoms with E-state index < -0.39 is 0 Å². The summed E-state index contributed by atoms with van der Waals surface area (Å²) in [5.74, 6) is 1.43. The zero-order chi connectivity index (χ0) is 21.3. The third kappa shape index (κ3) is 3.24. The highest BCUT2D eigenvalue weighted by atomic mass is 16.5. The Morgan fingerprint density at radius 1 is 0.933 bits per heavy atom. The van der Waals surface area contributed by atoms with Crippen molar-refractivity contribution in [2.45, 2.75) is 26.9 Å². The maximum Gasteiger partial charge on any atom is 0.196 e. The highest BCUT2D eigenvalue weighted by molar-refractivity contribution is 6.26. The number of rotatable bonds is 7. The molecule has 3 aromatic rings. The van der Waals surface area contributed by atoms with Gasteiger partial charge in [-0.3, -0.25) is 9.78 Å². The summed E-state index contributed by atoms with van der Waals surface area (Å²) in [6.07, 6.45) is 1.43. The quantitative estimate of drug-likeness (QED) is 0.445. The lowest BCUT2D eigenvalue weighted by molar-refractivity contribution is 0.104. The molecule has 4 rings (SSSR count). The molecular weight excluding hydrogens is 380 g/mol. The Bertz CT molecular complexity index is 1100. The fourth-order valence-electron chi connectivity index (χ4n) is 3.76. The molecule has 154 valence electrons. The topological polar surface area (TPSA) is 83.7 Å². The standard InChI is InChI=1S/C24H24N2O4/c1-4-28-18-13-19(29-5-2)23(25)22-21(18)20-15(24(22)27)9-8-11-17(20)30-14(3)16-10-6-7-12-26-16/h6-14H,4-5,25H2,1-3H3. The first kappa shape index (κ1) is 19.8. The van der Waals surface area contributed by atoms with Gasteiger partial charge in [0, 0.05) is 29.0 Å². The van der Waals surface area contributed by atoms with Gasteiger partial charge >= 0.3 is 0 Å². The van der Waals surface area contributed by atoms with Crippen LogP contribution in [0.25, 0.3) is 11.1 Å². The number of hydrogen-bond donors (Lipinski definition) is 1. The number of aromatic nitrogens is 1. The molecule has 30 heavy (non-hydrogen) atoms. The van der Waals surface area contributed by atoms with Crippen molar-refractivity contribution in [3.63, 3.8) is 0 Å². The second-order valence-electron chi connectivity index (χ2n) is 6.93. The number of pyridine rings is 1. The molecule has 0 spiro atoms. The van der Waals surface area contributed by atoms with E-state index in [1.165, 1.54) is 0 Å². The maximum absolute atomic E-state index is 13.3. The molecule has 0 amide bonds. The van der Waals surface area contributed by atoms with E-state index in [0.717, 1.165) is 5.69 Å². The predicted octanol–water partition coefficient (Wildman–Crippen LogP) is 4.81. The summed E-state index contributed by atoms with van der Waals surface area (Å²) in [5, 5.41) is 0. The number of benzene rings is 2. The molecule has 2 N–H and O–H groups in total. The molecule has 1 unspecified atom stereocenters. The predicted molar refractivity (Wildman–Crippen MR) is 115 cm³/mol. The lowest BCUT2D eigenvalue weighted by Gasteiger charge is -2.19. The Labute approximate surface area is 175 Å². The molecule has 0 bridgehead atoms. The summed E-state index contributed by atoms with van der Waals surface area (Å²) in [5.41, 5.74) is 9.76. The second kappa shape index (κ2) is 8.06. The van der Waals surface area contributed by atoms with E-state index in [1.807, 2.05) is 51.1 Å². The van der Waals surface area contributed by atoms with E-state index in [0.29, 0.717) is 58.4 Å². The number of ether oxygens (including phenoxy) is 3. The molecule has 1 aliphatic rings. The Kier molecular flexibility index (Phi) is 5.31. The van der Waals surface area contributed by atoms with Gasteiger partial charge in [0.15, 0.2) is 5.78 Å². The molecule has 1 aliphatic carbocycles. The molecule has 0 fully saturated rings. The molecule has 0 radical (unpaired) electrons. The van der Waals surface area contributed by atoms with Gasteiger partial charge in [0.25, 0.3) is 0 Å². The van der Waals surface area contributed by atoms with Crippen LogP contribution in [0.4, 0.5) is 5.69 Å². The van der Waals surface area contributed by atoms with Crippen LogP contribution in [0.15, 0.2) is 48.7 Å². The van der Waals surface area contributed by atoms with Crippen LogP contribution < -0.4 is 19.9 Å². The normalized spacial score (nSPS) is 12.8. The van der Waals surface area contributed by atoms with Crippen molar-refractivity contribution in [2.24, 2.45) is 0 Å². The van der Waals surface area contributed by atoms with Crippen LogP contribution >= 0.6 is 0 Å². The van der Waals surface area contributed by atoms with Crippen LogP contribution in [0.3, 0.4) is 0 Å². The van der Waals surface area contributed by atoms with E-state index in [2.05, 4.69) is 4.98 Å². The Morgan fingerprint density at radius 2 is 1.70 bits per heavy atom. The van der Waals surface area contributed by atoms with Crippen LogP contribution in [-0.2, 0) is 0 Å². The van der Waals surface area contributed by atoms with E-state index in [-0.39, 0.29) is 11.9 Å². The van der Waals surface area contributed by atoms with Gasteiger partial charge in [-0.1, -0.05) is 18.2 Å². The number of anilines is 1. The fraction of sp³-hybridized carbons (Fsp3) is 0.250. The average molecular weight is 404 g/mol. The van der Waals surface area contributed by atoms with Gasteiger partial charge in [-0.25, -0.2) is 0 Å². The molecule has 0 aliphatic heterocycles. The van der Waals surface area contributed by atoms with Crippen LogP contribution in [0.5, 0.6) is 17.2 Å². The number of hydrogen-bond acceptors (Lipinski definition) is 6. The summed E-state index contributed by atoms with van der Waals surface area (Å²) < 4.78 is 17.8. The number of fused-ring (bicyclic) bond motifs is 3. The molecule has 1 heterocycles. The lowest BCUT2D eigenvalue weighted by atomic mass is 10.0. The molecule has 1 aromatic heterocycles. The summed E-state index contributed by atoms with van der Waals surface area (Å²) >= 11 is 0. The minimum absolute atomic E-state index is 0.157. The molecule has 0 saturated carbocycles. The van der Waals surface area contributed by atoms with E-state index >= 15 is 0 Å². The highest BCUT2D eigenvalue weighted by Gasteiger charge is 2.36. The maximum atomic E-state index is 13.3. The largest absolute Gasteiger partial charge is 0.493 e. The van der Waals surface area contributed by atoms with Crippen LogP contribution in [0, 0.1) is 0 Å². The van der Waals surface area contributed by atoms with Crippen LogP contribution in [-0.4, -0.2) is 24.0 Å². The first-order chi connectivity index (χ1) is 14.6. The van der Waals surface area contributed by atoms with Gasteiger partial charge in [-0.2, -0.15) is 0 Å². The Hall–Kier alpha value is -3.54. The van der Waals surface area contributed by atoms with Crippen LogP contribution in [0.2, 0.25) is 0 Å². The third-order valence-electron chi connectivity index (χ3n) is 5.05. The third-order valence-corrected chi connectivity index (χ3v) is 5.05. The molecule has 1 atom stereocenters. The molecule has 6 heteroatoms. The van der Waals surface area contributed by atoms with Crippen molar-refractivity contribution >= 4 is 11.5 Å². The Morgan fingerprint density at radius 3 is 2.40 bits per heavy atom. The van der Waals surface area contributed by atoms with Crippen LogP contribution in [0.1, 0.15) is 48.5 Å². The number of carbonyl (C=O) groups excluding carboxylic acids is 1. The summed E-state index contributed by atoms with van der Waals surface area (Å²) in [4.78, 5) is 17.6. The summed E-state index contributed by atoms with van der Waals surface area (Å²) in [7, 11) is 0. The van der Waals surface area contributed by atoms with E-state index in [1.54, 1.807) is 18.3 Å². The number of carbonyl (C=O) groups is 1. The van der Waals surface area contributed by atoms with Gasteiger partial charge in [0.05, 0.1) is 30.2 Å². The molecule has 6 nitrogen and oxygen atoms in total. The SMILES string of the molecule is CCOc1cc(OCC)c2c(c1N)C(=O)c1cccc(OC(C)c3ccccn3)c1-2. The molecular formula is C24H24N2O4. The van der Waals surface area contributed by atoms with Gasteiger partial charge in [0.2, 0.25) is 0 Å². The Balaban J connectivity index is 1.87. The number of nitrogens with zero attached hydrogens (tertiary/aromatic N) is 1. The fourth-order valence-corrected chi connectivity index (χ4v) is 3.76. The zero-order valence-corrected chi connectivity index (χ0v) is 17.3. The van der Waals surface area contributed by atoms with E-state index in [4.69, 9.17) is 19.9 Å². The smallest absolute Gasteiger partial charge is 0.196 e. The highest BCUT2D eigenvalue weighted by Crippen LogP contribution is 2.52. The van der Waals surface area contributed by atoms with Crippen molar-refractivity contribution in [2.75, 3.05) is 18.9 Å². The average Bonchev–Trinajstić information content (AvgIpc) is 3.06. The van der Waals surface area contributed by atoms with Crippen molar-refractivity contribution < 1.29 is 19.0 Å². The van der Waals surface area contributed by atoms with Crippen molar-refractivity contribution in [1.29, 1.82) is 0 Å². The monoisotopic (exact) mass is 404 g/mol. The van der Waals surface area contributed by atoms with E-state index in [9.17, 15) is 4.79 Å². The first-order valence-corrected chi connectivity index (χ1v) is 10.0. The zero-order valence-electron chi connectivity index (χ0n) is 17.3. The molecule has 2 aromatic carbocycles. The lowest BCUT2D eigenvalue weighted by Crippen LogP contribution is -2.06. The first-order valence-electron chi connectivity index (χ1n) is 10.0. The molecule has 0 saturated heterocycles. The van der Waals surface area contributed by atoms with Gasteiger partial charge in [-0.05, 0) is 39.0 Å². The van der Waals surface area contributed by atoms with Gasteiger partial charge < -0.3 is 19.9 Å². The van der Waals surface area contributed by atoms with Crippen molar-refractivity contribution in [1.82, 2.24) is 4.98 Å². The minimum Gasteiger partial charge on any atom is -0.493 e. The number of ketones is 1. The summed E-state index contributed by atoms with van der Waals surface area (Å²) in [6.45, 7) is 6.57. The van der Waals surface area contributed by atoms with Crippen molar-refractivity contribution in [3.8, 4) is 28.4 Å². The van der Waals surface area contributed by atoms with Crippen molar-refractivity contribution in [3.05, 3.63) is 65.5 Å². The van der Waals surface area contributed by atoms with Gasteiger partial charge in [0.1, 0.15) is 23.4 Å². The van der Waals surface area contributed by atoms with Gasteiger partial charge in [-0.15, -0.1) is 0 Å². The number of nitrogen functional groups attached to an aromatic ring is 1.